The summed E-state index contributed by atoms with van der Waals surface area (Å²) in [4.78, 5) is 10.1. The summed E-state index contributed by atoms with van der Waals surface area (Å²) in [5.41, 5.74) is 0.145. The van der Waals surface area contributed by atoms with E-state index in [0.717, 1.165) is 51.6 Å². The molecule has 3 aliphatic rings. The zero-order chi connectivity index (χ0) is 18.5. The molecular formula is C20H38N4OS. The zero-order valence-electron chi connectivity index (χ0n) is 17.1. The first kappa shape index (κ1) is 20.3. The monoisotopic (exact) mass is 382 g/mol. The van der Waals surface area contributed by atoms with Gasteiger partial charge in [0.2, 0.25) is 0 Å². The molecule has 150 valence electrons. The molecule has 1 N–H and O–H groups in total. The highest BCUT2D eigenvalue weighted by molar-refractivity contribution is 8.00. The fourth-order valence-corrected chi connectivity index (χ4v) is 6.24. The number of nitrogens with one attached hydrogen (secondary N) is 1. The quantitative estimate of drug-likeness (QED) is 0.598. The molecule has 3 rings (SSSR count). The van der Waals surface area contributed by atoms with E-state index in [-0.39, 0.29) is 5.54 Å². The highest BCUT2D eigenvalue weighted by Gasteiger charge is 2.39. The molecule has 0 aromatic carbocycles. The predicted octanol–water partition coefficient (Wildman–Crippen LogP) is 2.81. The van der Waals surface area contributed by atoms with E-state index in [1.54, 1.807) is 0 Å². The second kappa shape index (κ2) is 9.16. The Morgan fingerprint density at radius 3 is 2.54 bits per heavy atom. The molecule has 0 bridgehead atoms. The van der Waals surface area contributed by atoms with Crippen molar-refractivity contribution in [2.24, 2.45) is 4.99 Å². The van der Waals surface area contributed by atoms with E-state index < -0.39 is 0 Å². The van der Waals surface area contributed by atoms with Gasteiger partial charge in [0.25, 0.3) is 0 Å². The van der Waals surface area contributed by atoms with Crippen LogP contribution in [0.25, 0.3) is 0 Å². The molecular weight excluding hydrogens is 344 g/mol. The lowest BCUT2D eigenvalue weighted by Crippen LogP contribution is -2.55. The molecule has 2 heterocycles. The Morgan fingerprint density at radius 1 is 1.15 bits per heavy atom. The number of likely N-dealkylation sites (N-methyl/N-ethyl adjacent to an activating group) is 1. The van der Waals surface area contributed by atoms with Gasteiger partial charge in [-0.2, -0.15) is 11.8 Å². The number of aliphatic imine (C=N–C) groups is 1. The van der Waals surface area contributed by atoms with Gasteiger partial charge in [0.15, 0.2) is 5.96 Å². The van der Waals surface area contributed by atoms with Crippen molar-refractivity contribution >= 4 is 17.7 Å². The van der Waals surface area contributed by atoms with Crippen molar-refractivity contribution in [1.29, 1.82) is 0 Å². The van der Waals surface area contributed by atoms with Gasteiger partial charge in [-0.15, -0.1) is 0 Å². The molecule has 0 aromatic rings. The molecule has 0 atom stereocenters. The van der Waals surface area contributed by atoms with Gasteiger partial charge in [0, 0.05) is 48.9 Å². The second-order valence-electron chi connectivity index (χ2n) is 8.41. The van der Waals surface area contributed by atoms with Gasteiger partial charge in [0.05, 0.1) is 6.54 Å². The molecule has 26 heavy (non-hydrogen) atoms. The molecule has 6 heteroatoms. The number of hydrogen-bond acceptors (Lipinski definition) is 4. The van der Waals surface area contributed by atoms with Gasteiger partial charge in [-0.3, -0.25) is 4.99 Å². The van der Waals surface area contributed by atoms with Crippen LogP contribution in [0, 0.1) is 0 Å². The van der Waals surface area contributed by atoms with Crippen LogP contribution < -0.4 is 5.32 Å². The fourth-order valence-electron chi connectivity index (χ4n) is 4.67. The van der Waals surface area contributed by atoms with Crippen LogP contribution in [0.3, 0.4) is 0 Å². The van der Waals surface area contributed by atoms with Crippen LogP contribution in [-0.4, -0.2) is 85.3 Å². The summed E-state index contributed by atoms with van der Waals surface area (Å²) in [5.74, 6) is 2.36. The Kier molecular flexibility index (Phi) is 7.14. The summed E-state index contributed by atoms with van der Waals surface area (Å²) in [6.45, 7) is 7.98. The van der Waals surface area contributed by atoms with Crippen LogP contribution in [0.5, 0.6) is 0 Å². The van der Waals surface area contributed by atoms with Gasteiger partial charge in [0.1, 0.15) is 0 Å². The summed E-state index contributed by atoms with van der Waals surface area (Å²) in [6, 6.07) is 0. The van der Waals surface area contributed by atoms with Crippen molar-refractivity contribution in [3.8, 4) is 0 Å². The number of ether oxygens (including phenoxy) is 1. The van der Waals surface area contributed by atoms with Crippen molar-refractivity contribution < 1.29 is 4.74 Å². The number of thioether (sulfide) groups is 1. The molecule has 5 nitrogen and oxygen atoms in total. The summed E-state index contributed by atoms with van der Waals surface area (Å²) >= 11 is 2.23. The molecule has 0 aromatic heterocycles. The van der Waals surface area contributed by atoms with Crippen molar-refractivity contribution in [3.63, 3.8) is 0 Å². The molecule has 1 aliphatic carbocycles. The minimum atomic E-state index is 0.145. The predicted molar refractivity (Wildman–Crippen MR) is 112 cm³/mol. The van der Waals surface area contributed by atoms with Crippen LogP contribution in [0.4, 0.5) is 0 Å². The van der Waals surface area contributed by atoms with Gasteiger partial charge < -0.3 is 19.9 Å². The van der Waals surface area contributed by atoms with Gasteiger partial charge in [-0.05, 0) is 46.7 Å². The molecule has 0 unspecified atom stereocenters. The van der Waals surface area contributed by atoms with E-state index in [0.29, 0.717) is 4.75 Å². The summed E-state index contributed by atoms with van der Waals surface area (Å²) in [6.07, 6.45) is 9.13. The Balaban J connectivity index is 1.71. The smallest absolute Gasteiger partial charge is 0.194 e. The van der Waals surface area contributed by atoms with E-state index in [1.165, 1.54) is 44.4 Å². The first-order chi connectivity index (χ1) is 12.6. The third kappa shape index (κ3) is 4.68. The fraction of sp³-hybridized carbons (Fsp3) is 0.950. The molecule has 2 aliphatic heterocycles. The first-order valence-corrected chi connectivity index (χ1v) is 11.5. The lowest BCUT2D eigenvalue weighted by molar-refractivity contribution is -0.00265. The van der Waals surface area contributed by atoms with Gasteiger partial charge >= 0.3 is 0 Å². The molecule has 2 saturated heterocycles. The third-order valence-corrected chi connectivity index (χ3v) is 8.08. The average Bonchev–Trinajstić information content (AvgIpc) is 2.66. The molecule has 1 spiro atoms. The van der Waals surface area contributed by atoms with E-state index in [1.807, 2.05) is 0 Å². The topological polar surface area (TPSA) is 40.1 Å². The van der Waals surface area contributed by atoms with Crippen molar-refractivity contribution in [3.05, 3.63) is 0 Å². The highest BCUT2D eigenvalue weighted by Crippen LogP contribution is 2.42. The lowest BCUT2D eigenvalue weighted by Gasteiger charge is -2.46. The van der Waals surface area contributed by atoms with E-state index in [9.17, 15) is 0 Å². The lowest BCUT2D eigenvalue weighted by atomic mass is 9.87. The first-order valence-electron chi connectivity index (χ1n) is 10.5. The number of nitrogens with zero attached hydrogens (tertiary/aromatic N) is 3. The van der Waals surface area contributed by atoms with Crippen LogP contribution in [0.15, 0.2) is 4.99 Å². The Morgan fingerprint density at radius 2 is 1.88 bits per heavy atom. The molecule has 3 fully saturated rings. The number of rotatable bonds is 4. The van der Waals surface area contributed by atoms with Crippen molar-refractivity contribution in [2.75, 3.05) is 59.2 Å². The van der Waals surface area contributed by atoms with Crippen LogP contribution in [0.2, 0.25) is 0 Å². The van der Waals surface area contributed by atoms with Gasteiger partial charge in [-0.25, -0.2) is 0 Å². The van der Waals surface area contributed by atoms with Crippen LogP contribution in [0.1, 0.15) is 51.9 Å². The van der Waals surface area contributed by atoms with Crippen molar-refractivity contribution in [2.45, 2.75) is 62.2 Å². The largest absolute Gasteiger partial charge is 0.381 e. The van der Waals surface area contributed by atoms with Crippen LogP contribution in [-0.2, 0) is 4.74 Å². The maximum absolute atomic E-state index is 5.62. The van der Waals surface area contributed by atoms with Crippen LogP contribution >= 0.6 is 11.8 Å². The Labute approximate surface area is 164 Å². The summed E-state index contributed by atoms with van der Waals surface area (Å²) in [7, 11) is 4.39. The zero-order valence-corrected chi connectivity index (χ0v) is 17.9. The standard InChI is InChI=1S/C20H38N4OS/c1-4-21-18(22-16-19(23(2)3)10-13-25-14-11-19)24-12-15-26-20(17-24)8-6-5-7-9-20/h4-17H2,1-3H3,(H,21,22). The van der Waals surface area contributed by atoms with E-state index >= 15 is 0 Å². The third-order valence-electron chi connectivity index (χ3n) is 6.54. The SMILES string of the molecule is CCNC(=NCC1(N(C)C)CCOCC1)N1CCSC2(CCCCC2)C1. The van der Waals surface area contributed by atoms with Crippen molar-refractivity contribution in [1.82, 2.24) is 15.1 Å². The Bertz CT molecular complexity index is 465. The molecule has 1 saturated carbocycles. The normalized spacial score (nSPS) is 26.3. The summed E-state index contributed by atoms with van der Waals surface area (Å²) < 4.78 is 6.09. The summed E-state index contributed by atoms with van der Waals surface area (Å²) in [5, 5.41) is 3.59. The molecule has 0 amide bonds. The van der Waals surface area contributed by atoms with E-state index in [2.05, 4.69) is 47.9 Å². The maximum Gasteiger partial charge on any atom is 0.194 e. The molecule has 0 radical (unpaired) electrons. The maximum atomic E-state index is 5.62. The Hall–Kier alpha value is -0.460. The highest BCUT2D eigenvalue weighted by atomic mass is 32.2. The number of hydrogen-bond donors (Lipinski definition) is 1. The van der Waals surface area contributed by atoms with E-state index in [4.69, 9.17) is 9.73 Å². The average molecular weight is 383 g/mol. The minimum absolute atomic E-state index is 0.145. The van der Waals surface area contributed by atoms with Gasteiger partial charge in [-0.1, -0.05) is 19.3 Å². The number of guanidine groups is 1. The minimum Gasteiger partial charge on any atom is -0.381 e. The second-order valence-corrected chi connectivity index (χ2v) is 9.98.